The van der Waals surface area contributed by atoms with Crippen molar-refractivity contribution in [2.45, 2.75) is 25.6 Å². The maximum absolute atomic E-state index is 13.6. The molecule has 0 aromatic heterocycles. The SMILES string of the molecule is COc1ccc(C(=O)NC(C(=O)NCCSCc2ccccc2F)C(C)C)cc1. The van der Waals surface area contributed by atoms with Crippen LogP contribution < -0.4 is 15.4 Å². The average molecular weight is 419 g/mol. The minimum Gasteiger partial charge on any atom is -0.497 e. The second kappa shape index (κ2) is 11.5. The van der Waals surface area contributed by atoms with Gasteiger partial charge in [-0.25, -0.2) is 4.39 Å². The number of rotatable bonds is 10. The second-order valence-electron chi connectivity index (χ2n) is 6.86. The molecule has 0 aliphatic carbocycles. The summed E-state index contributed by atoms with van der Waals surface area (Å²) in [6, 6.07) is 12.7. The van der Waals surface area contributed by atoms with Crippen molar-refractivity contribution >= 4 is 23.6 Å². The molecule has 29 heavy (non-hydrogen) atoms. The molecule has 2 rings (SSSR count). The number of ether oxygens (including phenoxy) is 1. The zero-order valence-corrected chi connectivity index (χ0v) is 17.7. The molecule has 0 radical (unpaired) electrons. The molecule has 5 nitrogen and oxygen atoms in total. The first kappa shape index (κ1) is 22.7. The van der Waals surface area contributed by atoms with Gasteiger partial charge in [-0.15, -0.1) is 0 Å². The molecule has 156 valence electrons. The van der Waals surface area contributed by atoms with Crippen LogP contribution in [0.15, 0.2) is 48.5 Å². The lowest BCUT2D eigenvalue weighted by atomic mass is 10.0. The van der Waals surface area contributed by atoms with Crippen molar-refractivity contribution in [1.82, 2.24) is 10.6 Å². The summed E-state index contributed by atoms with van der Waals surface area (Å²) in [5.74, 6) is 1.03. The largest absolute Gasteiger partial charge is 0.497 e. The predicted molar refractivity (Wildman–Crippen MR) is 115 cm³/mol. The summed E-state index contributed by atoms with van der Waals surface area (Å²) in [6.07, 6.45) is 0. The Morgan fingerprint density at radius 2 is 1.79 bits per heavy atom. The van der Waals surface area contributed by atoms with Gasteiger partial charge in [-0.2, -0.15) is 11.8 Å². The molecule has 0 aliphatic heterocycles. The maximum Gasteiger partial charge on any atom is 0.251 e. The monoisotopic (exact) mass is 418 g/mol. The van der Waals surface area contributed by atoms with E-state index in [1.807, 2.05) is 13.8 Å². The molecule has 0 saturated heterocycles. The first-order valence-electron chi connectivity index (χ1n) is 9.46. The van der Waals surface area contributed by atoms with Gasteiger partial charge in [0.25, 0.3) is 5.91 Å². The van der Waals surface area contributed by atoms with E-state index >= 15 is 0 Å². The van der Waals surface area contributed by atoms with Crippen LogP contribution in [-0.4, -0.2) is 37.3 Å². The van der Waals surface area contributed by atoms with E-state index in [4.69, 9.17) is 4.74 Å². The van der Waals surface area contributed by atoms with E-state index in [2.05, 4.69) is 10.6 Å². The Labute approximate surface area is 175 Å². The van der Waals surface area contributed by atoms with Gasteiger partial charge in [0, 0.05) is 23.6 Å². The molecule has 2 N–H and O–H groups in total. The minimum absolute atomic E-state index is 0.0664. The third kappa shape index (κ3) is 7.09. The normalized spacial score (nSPS) is 11.8. The van der Waals surface area contributed by atoms with Crippen molar-refractivity contribution in [3.05, 3.63) is 65.5 Å². The summed E-state index contributed by atoms with van der Waals surface area (Å²) in [6.45, 7) is 4.20. The van der Waals surface area contributed by atoms with E-state index < -0.39 is 6.04 Å². The number of nitrogens with one attached hydrogen (secondary N) is 2. The van der Waals surface area contributed by atoms with Crippen LogP contribution in [0.3, 0.4) is 0 Å². The highest BCUT2D eigenvalue weighted by Gasteiger charge is 2.24. The highest BCUT2D eigenvalue weighted by atomic mass is 32.2. The zero-order valence-electron chi connectivity index (χ0n) is 16.9. The van der Waals surface area contributed by atoms with Gasteiger partial charge >= 0.3 is 0 Å². The number of halogens is 1. The highest BCUT2D eigenvalue weighted by Crippen LogP contribution is 2.15. The number of thioether (sulfide) groups is 1. The van der Waals surface area contributed by atoms with Crippen molar-refractivity contribution in [1.29, 1.82) is 0 Å². The number of carbonyl (C=O) groups is 2. The number of amides is 2. The molecule has 2 aromatic carbocycles. The summed E-state index contributed by atoms with van der Waals surface area (Å²) in [5, 5.41) is 5.65. The first-order chi connectivity index (χ1) is 13.9. The van der Waals surface area contributed by atoms with Crippen LogP contribution in [0.5, 0.6) is 5.75 Å². The molecule has 0 aliphatic rings. The van der Waals surface area contributed by atoms with Gasteiger partial charge in [-0.05, 0) is 41.8 Å². The summed E-state index contributed by atoms with van der Waals surface area (Å²) in [4.78, 5) is 25.0. The smallest absolute Gasteiger partial charge is 0.251 e. The second-order valence-corrected chi connectivity index (χ2v) is 7.96. The maximum atomic E-state index is 13.6. The van der Waals surface area contributed by atoms with Gasteiger partial charge in [-0.3, -0.25) is 9.59 Å². The van der Waals surface area contributed by atoms with Gasteiger partial charge in [0.05, 0.1) is 7.11 Å². The van der Waals surface area contributed by atoms with Gasteiger partial charge < -0.3 is 15.4 Å². The van der Waals surface area contributed by atoms with E-state index in [-0.39, 0.29) is 23.5 Å². The Hall–Kier alpha value is -2.54. The van der Waals surface area contributed by atoms with Crippen LogP contribution in [0.4, 0.5) is 4.39 Å². The van der Waals surface area contributed by atoms with E-state index in [0.717, 1.165) is 0 Å². The molecule has 0 saturated carbocycles. The van der Waals surface area contributed by atoms with Crippen LogP contribution in [0.1, 0.15) is 29.8 Å². The molecular weight excluding hydrogens is 391 g/mol. The van der Waals surface area contributed by atoms with Crippen molar-refractivity contribution in [3.8, 4) is 5.75 Å². The molecule has 7 heteroatoms. The molecule has 1 atom stereocenters. The Kier molecular flexibility index (Phi) is 8.99. The summed E-state index contributed by atoms with van der Waals surface area (Å²) < 4.78 is 18.7. The van der Waals surface area contributed by atoms with Crippen molar-refractivity contribution in [3.63, 3.8) is 0 Å². The fourth-order valence-electron chi connectivity index (χ4n) is 2.66. The van der Waals surface area contributed by atoms with Gasteiger partial charge in [0.2, 0.25) is 5.91 Å². The average Bonchev–Trinajstić information content (AvgIpc) is 2.72. The topological polar surface area (TPSA) is 67.4 Å². The molecule has 1 unspecified atom stereocenters. The zero-order chi connectivity index (χ0) is 21.2. The Morgan fingerprint density at radius 3 is 2.41 bits per heavy atom. The predicted octanol–water partition coefficient (Wildman–Crippen LogP) is 3.64. The van der Waals surface area contributed by atoms with Crippen molar-refractivity contribution < 1.29 is 18.7 Å². The van der Waals surface area contributed by atoms with Crippen LogP contribution in [0.25, 0.3) is 0 Å². The van der Waals surface area contributed by atoms with Gasteiger partial charge in [-0.1, -0.05) is 32.0 Å². The van der Waals surface area contributed by atoms with E-state index in [0.29, 0.717) is 34.9 Å². The molecular formula is C22H27FN2O3S. The van der Waals surface area contributed by atoms with Crippen LogP contribution in [0.2, 0.25) is 0 Å². The van der Waals surface area contributed by atoms with E-state index in [1.54, 1.807) is 61.3 Å². The highest BCUT2D eigenvalue weighted by molar-refractivity contribution is 7.98. The fraction of sp³-hybridized carbons (Fsp3) is 0.364. The number of hydrogen-bond acceptors (Lipinski definition) is 4. The number of carbonyl (C=O) groups excluding carboxylic acids is 2. The van der Waals surface area contributed by atoms with Crippen LogP contribution in [0, 0.1) is 11.7 Å². The molecule has 0 spiro atoms. The molecule has 0 bridgehead atoms. The van der Waals surface area contributed by atoms with E-state index in [1.165, 1.54) is 6.07 Å². The van der Waals surface area contributed by atoms with Crippen molar-refractivity contribution in [2.24, 2.45) is 5.92 Å². The van der Waals surface area contributed by atoms with Crippen LogP contribution >= 0.6 is 11.8 Å². The van der Waals surface area contributed by atoms with Crippen molar-refractivity contribution in [2.75, 3.05) is 19.4 Å². The lowest BCUT2D eigenvalue weighted by Gasteiger charge is -2.21. The first-order valence-corrected chi connectivity index (χ1v) is 10.6. The lowest BCUT2D eigenvalue weighted by Crippen LogP contribution is -2.50. The standard InChI is InChI=1S/C22H27FN2O3S/c1-15(2)20(25-21(26)16-8-10-18(28-3)11-9-16)22(27)24-12-13-29-14-17-6-4-5-7-19(17)23/h4-11,15,20H,12-14H2,1-3H3,(H,24,27)(H,25,26). The number of benzene rings is 2. The summed E-state index contributed by atoms with van der Waals surface area (Å²) >= 11 is 1.54. The Morgan fingerprint density at radius 1 is 1.10 bits per heavy atom. The minimum atomic E-state index is -0.638. The third-order valence-electron chi connectivity index (χ3n) is 4.35. The van der Waals surface area contributed by atoms with Gasteiger partial charge in [0.1, 0.15) is 17.6 Å². The summed E-state index contributed by atoms with van der Waals surface area (Å²) in [5.41, 5.74) is 1.11. The molecule has 0 heterocycles. The molecule has 0 fully saturated rings. The fourth-order valence-corrected chi connectivity index (χ4v) is 3.50. The van der Waals surface area contributed by atoms with Gasteiger partial charge in [0.15, 0.2) is 0 Å². The Balaban J connectivity index is 1.80. The lowest BCUT2D eigenvalue weighted by molar-refractivity contribution is -0.123. The summed E-state index contributed by atoms with van der Waals surface area (Å²) in [7, 11) is 1.56. The van der Waals surface area contributed by atoms with Crippen LogP contribution in [-0.2, 0) is 10.5 Å². The quantitative estimate of drug-likeness (QED) is 0.578. The molecule has 2 aromatic rings. The number of methoxy groups -OCH3 is 1. The third-order valence-corrected chi connectivity index (χ3v) is 5.36. The number of hydrogen-bond donors (Lipinski definition) is 2. The van der Waals surface area contributed by atoms with E-state index in [9.17, 15) is 14.0 Å². The molecule has 2 amide bonds. The Bertz CT molecular complexity index is 812.